The monoisotopic (exact) mass is 254 g/mol. The van der Waals surface area contributed by atoms with Crippen LogP contribution >= 0.6 is 0 Å². The van der Waals surface area contributed by atoms with E-state index in [-0.39, 0.29) is 5.41 Å². The van der Waals surface area contributed by atoms with Gasteiger partial charge in [0.25, 0.3) is 0 Å². The first kappa shape index (κ1) is 14.0. The summed E-state index contributed by atoms with van der Waals surface area (Å²) in [5.74, 6) is 0. The van der Waals surface area contributed by atoms with Crippen LogP contribution in [0.4, 0.5) is 0 Å². The van der Waals surface area contributed by atoms with E-state index in [1.807, 2.05) is 0 Å². The highest BCUT2D eigenvalue weighted by molar-refractivity contribution is 5.60. The van der Waals surface area contributed by atoms with Crippen molar-refractivity contribution in [3.63, 3.8) is 0 Å². The molecule has 0 spiro atoms. The average Bonchev–Trinajstić information content (AvgIpc) is 2.40. The lowest BCUT2D eigenvalue weighted by Crippen LogP contribution is -2.50. The number of likely N-dealkylation sites (N-methyl/N-ethyl adjacent to an activating group) is 2. The minimum absolute atomic E-state index is 0.164. The van der Waals surface area contributed by atoms with Gasteiger partial charge in [0.15, 0.2) is 0 Å². The number of ether oxygens (including phenoxy) is 1. The van der Waals surface area contributed by atoms with E-state index >= 15 is 0 Å². The van der Waals surface area contributed by atoms with Crippen LogP contribution < -0.4 is 0 Å². The van der Waals surface area contributed by atoms with Crippen molar-refractivity contribution in [3.05, 3.63) is 0 Å². The van der Waals surface area contributed by atoms with Crippen molar-refractivity contribution in [2.45, 2.75) is 31.7 Å². The number of carbonyl (C=O) groups excluding carboxylic acids is 1. The summed E-state index contributed by atoms with van der Waals surface area (Å²) in [7, 11) is 4.36. The first-order chi connectivity index (χ1) is 8.65. The number of aldehydes is 1. The zero-order valence-corrected chi connectivity index (χ0v) is 11.7. The summed E-state index contributed by atoms with van der Waals surface area (Å²) >= 11 is 0. The molecule has 0 aromatic heterocycles. The van der Waals surface area contributed by atoms with Crippen LogP contribution in [0.1, 0.15) is 25.7 Å². The Bertz CT molecular complexity index is 277. The van der Waals surface area contributed by atoms with Crippen LogP contribution in [0.5, 0.6) is 0 Å². The van der Waals surface area contributed by atoms with Crippen LogP contribution in [0, 0.1) is 5.41 Å². The van der Waals surface area contributed by atoms with Crippen molar-refractivity contribution in [2.75, 3.05) is 46.9 Å². The molecule has 0 aromatic carbocycles. The largest absolute Gasteiger partial charge is 0.381 e. The molecule has 104 valence electrons. The van der Waals surface area contributed by atoms with Gasteiger partial charge in [-0.1, -0.05) is 0 Å². The van der Waals surface area contributed by atoms with Crippen LogP contribution in [0.2, 0.25) is 0 Å². The van der Waals surface area contributed by atoms with Crippen molar-refractivity contribution in [1.82, 2.24) is 9.80 Å². The Balaban J connectivity index is 1.91. The summed E-state index contributed by atoms with van der Waals surface area (Å²) in [6.07, 6.45) is 5.46. The van der Waals surface area contributed by atoms with E-state index in [0.29, 0.717) is 6.04 Å². The van der Waals surface area contributed by atoms with Gasteiger partial charge in [0, 0.05) is 37.8 Å². The lowest BCUT2D eigenvalue weighted by atomic mass is 9.81. The molecule has 4 heteroatoms. The van der Waals surface area contributed by atoms with Gasteiger partial charge in [-0.25, -0.2) is 0 Å². The summed E-state index contributed by atoms with van der Waals surface area (Å²) in [6, 6.07) is 0.600. The van der Waals surface area contributed by atoms with Crippen LogP contribution in [0.3, 0.4) is 0 Å². The molecule has 2 aliphatic heterocycles. The lowest BCUT2D eigenvalue weighted by Gasteiger charge is -2.41. The molecule has 0 aliphatic carbocycles. The molecule has 0 saturated carbocycles. The zero-order valence-electron chi connectivity index (χ0n) is 11.7. The van der Waals surface area contributed by atoms with E-state index in [9.17, 15) is 4.79 Å². The lowest BCUT2D eigenvalue weighted by molar-refractivity contribution is -0.123. The maximum Gasteiger partial charge on any atom is 0.127 e. The molecule has 2 saturated heterocycles. The predicted molar refractivity (Wildman–Crippen MR) is 71.7 cm³/mol. The molecule has 0 radical (unpaired) electrons. The summed E-state index contributed by atoms with van der Waals surface area (Å²) < 4.78 is 5.39. The second kappa shape index (κ2) is 6.13. The van der Waals surface area contributed by atoms with E-state index in [4.69, 9.17) is 4.74 Å². The summed E-state index contributed by atoms with van der Waals surface area (Å²) in [6.45, 7) is 4.69. The van der Waals surface area contributed by atoms with Gasteiger partial charge in [-0.05, 0) is 46.3 Å². The topological polar surface area (TPSA) is 32.8 Å². The second-order valence-electron chi connectivity index (χ2n) is 6.07. The maximum atomic E-state index is 11.5. The molecule has 0 amide bonds. The Hall–Kier alpha value is -0.450. The van der Waals surface area contributed by atoms with E-state index < -0.39 is 0 Å². The third-order valence-electron chi connectivity index (χ3n) is 4.53. The maximum absolute atomic E-state index is 11.5. The van der Waals surface area contributed by atoms with Crippen LogP contribution in [0.25, 0.3) is 0 Å². The van der Waals surface area contributed by atoms with Crippen molar-refractivity contribution >= 4 is 6.29 Å². The smallest absolute Gasteiger partial charge is 0.127 e. The van der Waals surface area contributed by atoms with Crippen molar-refractivity contribution in [2.24, 2.45) is 5.41 Å². The number of nitrogens with zero attached hydrogens (tertiary/aromatic N) is 2. The quantitative estimate of drug-likeness (QED) is 0.701. The molecular weight excluding hydrogens is 228 g/mol. The Morgan fingerprint density at radius 3 is 2.78 bits per heavy atom. The third-order valence-corrected chi connectivity index (χ3v) is 4.53. The van der Waals surface area contributed by atoms with E-state index in [1.54, 1.807) is 0 Å². The highest BCUT2D eigenvalue weighted by atomic mass is 16.5. The highest BCUT2D eigenvalue weighted by Gasteiger charge is 2.35. The summed E-state index contributed by atoms with van der Waals surface area (Å²) in [4.78, 5) is 16.3. The second-order valence-corrected chi connectivity index (χ2v) is 6.07. The van der Waals surface area contributed by atoms with Gasteiger partial charge >= 0.3 is 0 Å². The fraction of sp³-hybridized carbons (Fsp3) is 0.929. The molecule has 18 heavy (non-hydrogen) atoms. The van der Waals surface area contributed by atoms with Gasteiger partial charge in [-0.15, -0.1) is 0 Å². The minimum atomic E-state index is -0.164. The highest BCUT2D eigenvalue weighted by Crippen LogP contribution is 2.30. The molecule has 1 unspecified atom stereocenters. The van der Waals surface area contributed by atoms with Crippen LogP contribution in [-0.4, -0.2) is 69.1 Å². The fourth-order valence-electron chi connectivity index (χ4n) is 3.22. The molecule has 1 atom stereocenters. The van der Waals surface area contributed by atoms with Gasteiger partial charge in [0.1, 0.15) is 6.29 Å². The molecule has 4 nitrogen and oxygen atoms in total. The van der Waals surface area contributed by atoms with Crippen LogP contribution in [0.15, 0.2) is 0 Å². The van der Waals surface area contributed by atoms with Gasteiger partial charge in [0.2, 0.25) is 0 Å². The number of rotatable bonds is 4. The Labute approximate surface area is 110 Å². The molecular formula is C14H26N2O2. The Kier molecular flexibility index (Phi) is 4.76. The van der Waals surface area contributed by atoms with Gasteiger partial charge in [-0.3, -0.25) is 0 Å². The number of hydrogen-bond acceptors (Lipinski definition) is 4. The standard InChI is InChI=1S/C14H26N2O2/c1-15-7-3-4-13(10-15)16(2)11-14(12-17)5-8-18-9-6-14/h12-13H,3-11H2,1-2H3. The number of hydrogen-bond donors (Lipinski definition) is 0. The Morgan fingerprint density at radius 1 is 1.44 bits per heavy atom. The zero-order chi connectivity index (χ0) is 13.0. The number of piperidine rings is 1. The van der Waals surface area contributed by atoms with Crippen molar-refractivity contribution in [1.29, 1.82) is 0 Å². The molecule has 2 heterocycles. The molecule has 0 bridgehead atoms. The number of likely N-dealkylation sites (tertiary alicyclic amines) is 1. The molecule has 2 rings (SSSR count). The predicted octanol–water partition coefficient (Wildman–Crippen LogP) is 1.01. The third kappa shape index (κ3) is 3.31. The molecule has 2 aliphatic rings. The minimum Gasteiger partial charge on any atom is -0.381 e. The fourth-order valence-corrected chi connectivity index (χ4v) is 3.22. The van der Waals surface area contributed by atoms with E-state index in [1.165, 1.54) is 25.7 Å². The SMILES string of the molecule is CN1CCCC(N(C)CC2(C=O)CCOCC2)C1. The van der Waals surface area contributed by atoms with E-state index in [0.717, 1.165) is 39.1 Å². The number of carbonyl (C=O) groups is 1. The van der Waals surface area contributed by atoms with Gasteiger partial charge in [0.05, 0.1) is 0 Å². The van der Waals surface area contributed by atoms with Gasteiger partial charge < -0.3 is 19.3 Å². The molecule has 0 N–H and O–H groups in total. The summed E-state index contributed by atoms with van der Waals surface area (Å²) in [5, 5.41) is 0. The van der Waals surface area contributed by atoms with Crippen molar-refractivity contribution < 1.29 is 9.53 Å². The molecule has 0 aromatic rings. The van der Waals surface area contributed by atoms with Crippen molar-refractivity contribution in [3.8, 4) is 0 Å². The normalized spacial score (nSPS) is 29.4. The average molecular weight is 254 g/mol. The molecule has 2 fully saturated rings. The first-order valence-electron chi connectivity index (χ1n) is 7.08. The van der Waals surface area contributed by atoms with Crippen LogP contribution in [-0.2, 0) is 9.53 Å². The first-order valence-corrected chi connectivity index (χ1v) is 7.08. The van der Waals surface area contributed by atoms with Gasteiger partial charge in [-0.2, -0.15) is 0 Å². The van der Waals surface area contributed by atoms with E-state index in [2.05, 4.69) is 23.9 Å². The summed E-state index contributed by atoms with van der Waals surface area (Å²) in [5.41, 5.74) is -0.164. The Morgan fingerprint density at radius 2 is 2.17 bits per heavy atom.